The highest BCUT2D eigenvalue weighted by molar-refractivity contribution is 6.04. The molecule has 0 aromatic heterocycles. The van der Waals surface area contributed by atoms with Crippen molar-refractivity contribution in [3.63, 3.8) is 0 Å². The first-order chi connectivity index (χ1) is 9.45. The van der Waals surface area contributed by atoms with E-state index in [4.69, 9.17) is 4.74 Å². The van der Waals surface area contributed by atoms with Gasteiger partial charge in [-0.2, -0.15) is 0 Å². The zero-order valence-electron chi connectivity index (χ0n) is 12.9. The third kappa shape index (κ3) is 4.68. The molecule has 4 heteroatoms. The van der Waals surface area contributed by atoms with Gasteiger partial charge in [-0.15, -0.1) is 0 Å². The number of aryl methyl sites for hydroxylation is 1. The van der Waals surface area contributed by atoms with E-state index in [1.54, 1.807) is 6.07 Å². The van der Waals surface area contributed by atoms with Crippen LogP contribution < -0.4 is 5.32 Å². The Bertz CT molecular complexity index is 481. The van der Waals surface area contributed by atoms with Crippen LogP contribution >= 0.6 is 0 Å². The molecule has 0 spiro atoms. The van der Waals surface area contributed by atoms with E-state index in [-0.39, 0.29) is 11.9 Å². The Morgan fingerprint density at radius 1 is 1.30 bits per heavy atom. The Kier molecular flexibility index (Phi) is 6.22. The molecular formula is C16H24N2O2. The second kappa shape index (κ2) is 7.68. The van der Waals surface area contributed by atoms with Gasteiger partial charge < -0.3 is 4.74 Å². The van der Waals surface area contributed by atoms with Crippen molar-refractivity contribution in [2.75, 3.05) is 6.61 Å². The summed E-state index contributed by atoms with van der Waals surface area (Å²) in [6.07, 6.45) is 0. The summed E-state index contributed by atoms with van der Waals surface area (Å²) >= 11 is 0. The third-order valence-electron chi connectivity index (χ3n) is 3.18. The number of amides is 1. The summed E-state index contributed by atoms with van der Waals surface area (Å²) in [6, 6.07) is 7.83. The Morgan fingerprint density at radius 3 is 2.50 bits per heavy atom. The standard InChI is InChI=1S/C16H24N2O2/c1-6-20-16(17-13(5)11(2)3)18-15(19)14-10-8-7-9-12(14)4/h7-11,13H,6H2,1-5H3,(H,17,18,19)/t13-/m0/s1. The maximum Gasteiger partial charge on any atom is 0.291 e. The van der Waals surface area contributed by atoms with Gasteiger partial charge in [0.25, 0.3) is 11.9 Å². The lowest BCUT2D eigenvalue weighted by Gasteiger charge is -2.15. The highest BCUT2D eigenvalue weighted by Crippen LogP contribution is 2.08. The van der Waals surface area contributed by atoms with Crippen LogP contribution in [0.25, 0.3) is 0 Å². The summed E-state index contributed by atoms with van der Waals surface area (Å²) in [5, 5.41) is 2.75. The Hall–Kier alpha value is -1.84. The zero-order chi connectivity index (χ0) is 15.1. The largest absolute Gasteiger partial charge is 0.465 e. The van der Waals surface area contributed by atoms with Crippen molar-refractivity contribution in [2.24, 2.45) is 10.9 Å². The first-order valence-corrected chi connectivity index (χ1v) is 7.03. The smallest absolute Gasteiger partial charge is 0.291 e. The number of ether oxygens (including phenoxy) is 1. The molecule has 0 unspecified atom stereocenters. The van der Waals surface area contributed by atoms with E-state index in [0.717, 1.165) is 5.56 Å². The molecule has 20 heavy (non-hydrogen) atoms. The first-order valence-electron chi connectivity index (χ1n) is 7.03. The van der Waals surface area contributed by atoms with Crippen LogP contribution in [0.4, 0.5) is 0 Å². The van der Waals surface area contributed by atoms with E-state index >= 15 is 0 Å². The molecule has 1 rings (SSSR count). The van der Waals surface area contributed by atoms with Gasteiger partial charge >= 0.3 is 0 Å². The molecule has 0 radical (unpaired) electrons. The molecule has 0 fully saturated rings. The minimum atomic E-state index is -0.189. The average molecular weight is 276 g/mol. The Morgan fingerprint density at radius 2 is 1.95 bits per heavy atom. The molecule has 0 saturated carbocycles. The molecule has 0 aliphatic carbocycles. The van der Waals surface area contributed by atoms with Crippen molar-refractivity contribution in [2.45, 2.75) is 40.7 Å². The van der Waals surface area contributed by atoms with E-state index < -0.39 is 0 Å². The topological polar surface area (TPSA) is 50.7 Å². The molecule has 1 atom stereocenters. The lowest BCUT2D eigenvalue weighted by atomic mass is 10.1. The molecule has 0 aliphatic heterocycles. The van der Waals surface area contributed by atoms with Crippen molar-refractivity contribution in [3.05, 3.63) is 35.4 Å². The van der Waals surface area contributed by atoms with Crippen LogP contribution in [0.2, 0.25) is 0 Å². The number of aliphatic imine (C=N–C) groups is 1. The highest BCUT2D eigenvalue weighted by Gasteiger charge is 2.14. The fourth-order valence-corrected chi connectivity index (χ4v) is 1.57. The van der Waals surface area contributed by atoms with Crippen LogP contribution in [0.15, 0.2) is 29.3 Å². The van der Waals surface area contributed by atoms with Crippen molar-refractivity contribution < 1.29 is 9.53 Å². The highest BCUT2D eigenvalue weighted by atomic mass is 16.5. The molecule has 0 bridgehead atoms. The van der Waals surface area contributed by atoms with Crippen LogP contribution in [0, 0.1) is 12.8 Å². The molecule has 4 nitrogen and oxygen atoms in total. The predicted molar refractivity (Wildman–Crippen MR) is 82.0 cm³/mol. The molecule has 0 aliphatic rings. The number of carbonyl (C=O) groups is 1. The van der Waals surface area contributed by atoms with Gasteiger partial charge in [-0.3, -0.25) is 10.1 Å². The second-order valence-corrected chi connectivity index (χ2v) is 5.12. The van der Waals surface area contributed by atoms with E-state index in [1.165, 1.54) is 0 Å². The summed E-state index contributed by atoms with van der Waals surface area (Å²) < 4.78 is 5.41. The van der Waals surface area contributed by atoms with Gasteiger partial charge in [-0.25, -0.2) is 4.99 Å². The summed E-state index contributed by atoms with van der Waals surface area (Å²) in [6.45, 7) is 10.4. The lowest BCUT2D eigenvalue weighted by Crippen LogP contribution is -2.34. The molecule has 1 N–H and O–H groups in total. The van der Waals surface area contributed by atoms with Gasteiger partial charge in [0.15, 0.2) is 0 Å². The SMILES string of the molecule is CCOC(=N[C@@H](C)C(C)C)NC(=O)c1ccccc1C. The van der Waals surface area contributed by atoms with Crippen molar-refractivity contribution >= 4 is 11.9 Å². The lowest BCUT2D eigenvalue weighted by molar-refractivity contribution is 0.0965. The van der Waals surface area contributed by atoms with Crippen molar-refractivity contribution in [1.82, 2.24) is 5.32 Å². The number of benzene rings is 1. The number of amidine groups is 1. The molecule has 1 amide bonds. The Balaban J connectivity index is 2.86. The van der Waals surface area contributed by atoms with Gasteiger partial charge in [-0.05, 0) is 38.3 Å². The van der Waals surface area contributed by atoms with E-state index in [0.29, 0.717) is 24.1 Å². The number of rotatable bonds is 4. The summed E-state index contributed by atoms with van der Waals surface area (Å²) in [5.41, 5.74) is 1.56. The molecule has 110 valence electrons. The number of nitrogens with one attached hydrogen (secondary N) is 1. The van der Waals surface area contributed by atoms with Crippen molar-refractivity contribution in [3.8, 4) is 0 Å². The van der Waals surface area contributed by atoms with Crippen molar-refractivity contribution in [1.29, 1.82) is 0 Å². The van der Waals surface area contributed by atoms with Gasteiger partial charge in [0.1, 0.15) is 0 Å². The molecular weight excluding hydrogens is 252 g/mol. The van der Waals surface area contributed by atoms with E-state index in [9.17, 15) is 4.79 Å². The van der Waals surface area contributed by atoms with E-state index in [2.05, 4.69) is 24.2 Å². The fourth-order valence-electron chi connectivity index (χ4n) is 1.57. The number of carbonyl (C=O) groups excluding carboxylic acids is 1. The number of hydrogen-bond acceptors (Lipinski definition) is 3. The minimum absolute atomic E-state index is 0.0914. The third-order valence-corrected chi connectivity index (χ3v) is 3.18. The molecule has 0 heterocycles. The monoisotopic (exact) mass is 276 g/mol. The second-order valence-electron chi connectivity index (χ2n) is 5.12. The summed E-state index contributed by atoms with van der Waals surface area (Å²) in [7, 11) is 0. The summed E-state index contributed by atoms with van der Waals surface area (Å²) in [5.74, 6) is 0.201. The van der Waals surface area contributed by atoms with Crippen LogP contribution in [-0.2, 0) is 4.74 Å². The van der Waals surface area contributed by atoms with Gasteiger partial charge in [0, 0.05) is 5.56 Å². The Labute approximate surface area is 121 Å². The number of hydrogen-bond donors (Lipinski definition) is 1. The fraction of sp³-hybridized carbons (Fsp3) is 0.500. The molecule has 1 aromatic carbocycles. The normalized spacial score (nSPS) is 13.2. The quantitative estimate of drug-likeness (QED) is 0.678. The predicted octanol–water partition coefficient (Wildman–Crippen LogP) is 3.16. The minimum Gasteiger partial charge on any atom is -0.465 e. The number of nitrogens with zero attached hydrogens (tertiary/aromatic N) is 1. The maximum atomic E-state index is 12.2. The summed E-state index contributed by atoms with van der Waals surface area (Å²) in [4.78, 5) is 16.7. The van der Waals surface area contributed by atoms with Crippen LogP contribution in [-0.4, -0.2) is 24.6 Å². The van der Waals surface area contributed by atoms with Gasteiger partial charge in [0.2, 0.25) is 0 Å². The van der Waals surface area contributed by atoms with Crippen LogP contribution in [0.5, 0.6) is 0 Å². The van der Waals surface area contributed by atoms with Crippen LogP contribution in [0.1, 0.15) is 43.6 Å². The zero-order valence-corrected chi connectivity index (χ0v) is 12.9. The molecule has 1 aromatic rings. The maximum absolute atomic E-state index is 12.2. The van der Waals surface area contributed by atoms with Gasteiger partial charge in [0.05, 0.1) is 12.6 Å². The van der Waals surface area contributed by atoms with Crippen LogP contribution in [0.3, 0.4) is 0 Å². The first kappa shape index (κ1) is 16.2. The average Bonchev–Trinajstić information content (AvgIpc) is 2.39. The van der Waals surface area contributed by atoms with E-state index in [1.807, 2.05) is 39.0 Å². The van der Waals surface area contributed by atoms with Gasteiger partial charge in [-0.1, -0.05) is 32.0 Å². The molecule has 0 saturated heterocycles.